The highest BCUT2D eigenvalue weighted by Gasteiger charge is 2.26. The summed E-state index contributed by atoms with van der Waals surface area (Å²) in [4.78, 5) is 9.29. The van der Waals surface area contributed by atoms with Crippen LogP contribution in [0, 0.1) is 0 Å². The monoisotopic (exact) mass is 556 g/mol. The number of ether oxygens (including phenoxy) is 2. The van der Waals surface area contributed by atoms with Gasteiger partial charge < -0.3 is 19.7 Å². The number of benzene rings is 1. The summed E-state index contributed by atoms with van der Waals surface area (Å²) in [6.45, 7) is 9.33. The molecule has 32 heavy (non-hydrogen) atoms. The van der Waals surface area contributed by atoms with Crippen LogP contribution in [-0.2, 0) is 11.8 Å². The van der Waals surface area contributed by atoms with E-state index >= 15 is 0 Å². The van der Waals surface area contributed by atoms with Gasteiger partial charge in [-0.05, 0) is 30.8 Å². The van der Waals surface area contributed by atoms with Crippen molar-refractivity contribution in [1.82, 2.24) is 24.9 Å². The summed E-state index contributed by atoms with van der Waals surface area (Å²) in [5.74, 6) is 1.78. The minimum Gasteiger partial charge on any atom is -0.497 e. The summed E-state index contributed by atoms with van der Waals surface area (Å²) in [6, 6.07) is 8.56. The van der Waals surface area contributed by atoms with Gasteiger partial charge in [0.2, 0.25) is 0 Å². The lowest BCUT2D eigenvalue weighted by Crippen LogP contribution is -2.50. The lowest BCUT2D eigenvalue weighted by Gasteiger charge is -2.36. The fourth-order valence-electron chi connectivity index (χ4n) is 4.14. The van der Waals surface area contributed by atoms with Gasteiger partial charge in [-0.25, -0.2) is 0 Å². The summed E-state index contributed by atoms with van der Waals surface area (Å²) in [6.07, 6.45) is 3.89. The van der Waals surface area contributed by atoms with E-state index in [1.165, 1.54) is 5.56 Å². The number of hydrogen-bond acceptors (Lipinski definition) is 5. The third kappa shape index (κ3) is 6.58. The molecule has 0 amide bonds. The first-order valence-corrected chi connectivity index (χ1v) is 11.0. The summed E-state index contributed by atoms with van der Waals surface area (Å²) in [7, 11) is 5.48. The number of aliphatic imine (C=N–C) groups is 1. The number of rotatable bonds is 8. The van der Waals surface area contributed by atoms with Crippen LogP contribution in [0.5, 0.6) is 5.75 Å². The van der Waals surface area contributed by atoms with Crippen LogP contribution >= 0.6 is 24.0 Å². The molecular formula is C23H37IN6O2. The zero-order chi connectivity index (χ0) is 22.2. The molecular weight excluding hydrogens is 519 g/mol. The van der Waals surface area contributed by atoms with E-state index in [1.807, 2.05) is 37.2 Å². The van der Waals surface area contributed by atoms with Crippen LogP contribution in [0.2, 0.25) is 0 Å². The minimum absolute atomic E-state index is 0. The molecule has 178 valence electrons. The van der Waals surface area contributed by atoms with E-state index in [4.69, 9.17) is 9.47 Å². The number of aromatic nitrogens is 2. The second-order valence-corrected chi connectivity index (χ2v) is 7.69. The fourth-order valence-corrected chi connectivity index (χ4v) is 4.14. The van der Waals surface area contributed by atoms with Gasteiger partial charge in [0.1, 0.15) is 11.9 Å². The molecule has 2 atom stereocenters. The molecule has 1 aliphatic heterocycles. The number of nitrogens with one attached hydrogen (secondary N) is 1. The highest BCUT2D eigenvalue weighted by Crippen LogP contribution is 2.25. The van der Waals surface area contributed by atoms with Crippen molar-refractivity contribution in [2.24, 2.45) is 12.0 Å². The summed E-state index contributed by atoms with van der Waals surface area (Å²) in [5, 5.41) is 7.90. The van der Waals surface area contributed by atoms with Crippen molar-refractivity contribution in [2.75, 3.05) is 53.5 Å². The number of methoxy groups -OCH3 is 1. The van der Waals surface area contributed by atoms with Gasteiger partial charge in [0.25, 0.3) is 0 Å². The molecule has 3 rings (SSSR count). The van der Waals surface area contributed by atoms with Crippen LogP contribution < -0.4 is 10.1 Å². The van der Waals surface area contributed by atoms with Crippen molar-refractivity contribution in [3.63, 3.8) is 0 Å². The average Bonchev–Trinajstić information content (AvgIpc) is 3.25. The highest BCUT2D eigenvalue weighted by atomic mass is 127. The molecule has 0 saturated carbocycles. The maximum atomic E-state index is 6.00. The Hall–Kier alpha value is -1.85. The van der Waals surface area contributed by atoms with Crippen molar-refractivity contribution < 1.29 is 9.47 Å². The number of morpholine rings is 1. The molecule has 2 unspecified atom stereocenters. The van der Waals surface area contributed by atoms with Gasteiger partial charge in [0.05, 0.1) is 32.5 Å². The Balaban J connectivity index is 0.00000363. The molecule has 1 aromatic carbocycles. The predicted octanol–water partition coefficient (Wildman–Crippen LogP) is 3.08. The number of guanidine groups is 1. The zero-order valence-electron chi connectivity index (χ0n) is 19.8. The molecule has 0 aliphatic carbocycles. The highest BCUT2D eigenvalue weighted by molar-refractivity contribution is 14.0. The Labute approximate surface area is 209 Å². The molecule has 2 heterocycles. The quantitative estimate of drug-likeness (QED) is 0.307. The SMILES string of the molecule is CCN(CC)C(CNC(=NC)N1CCOC(c2cnn(C)c2)C1)c1cccc(OC)c1.I. The van der Waals surface area contributed by atoms with Crippen molar-refractivity contribution in [3.8, 4) is 5.75 Å². The van der Waals surface area contributed by atoms with Gasteiger partial charge in [-0.2, -0.15) is 5.10 Å². The second-order valence-electron chi connectivity index (χ2n) is 7.69. The van der Waals surface area contributed by atoms with Gasteiger partial charge in [-0.15, -0.1) is 24.0 Å². The smallest absolute Gasteiger partial charge is 0.193 e. The van der Waals surface area contributed by atoms with Gasteiger partial charge >= 0.3 is 0 Å². The third-order valence-corrected chi connectivity index (χ3v) is 5.86. The van der Waals surface area contributed by atoms with Crippen LogP contribution in [-0.4, -0.2) is 79.0 Å². The minimum atomic E-state index is -0.00189. The van der Waals surface area contributed by atoms with Gasteiger partial charge in [-0.1, -0.05) is 26.0 Å². The van der Waals surface area contributed by atoms with Crippen molar-refractivity contribution in [3.05, 3.63) is 47.8 Å². The Morgan fingerprint density at radius 3 is 2.78 bits per heavy atom. The average molecular weight is 556 g/mol. The van der Waals surface area contributed by atoms with Crippen LogP contribution in [0.1, 0.15) is 37.1 Å². The number of halogens is 1. The lowest BCUT2D eigenvalue weighted by atomic mass is 10.0. The maximum absolute atomic E-state index is 6.00. The molecule has 8 nitrogen and oxygen atoms in total. The van der Waals surface area contributed by atoms with Gasteiger partial charge in [0, 0.05) is 38.9 Å². The first kappa shape index (κ1) is 26.4. The molecule has 1 aromatic heterocycles. The fraction of sp³-hybridized carbons (Fsp3) is 0.565. The number of nitrogens with zero attached hydrogens (tertiary/aromatic N) is 5. The third-order valence-electron chi connectivity index (χ3n) is 5.86. The van der Waals surface area contributed by atoms with E-state index in [9.17, 15) is 0 Å². The lowest BCUT2D eigenvalue weighted by molar-refractivity contribution is -0.00813. The predicted molar refractivity (Wildman–Crippen MR) is 139 cm³/mol. The molecule has 2 aromatic rings. The van der Waals surface area contributed by atoms with Crippen molar-refractivity contribution in [2.45, 2.75) is 26.0 Å². The van der Waals surface area contributed by atoms with Gasteiger partial charge in [0.15, 0.2) is 5.96 Å². The Morgan fingerprint density at radius 1 is 1.38 bits per heavy atom. The van der Waals surface area contributed by atoms with E-state index in [-0.39, 0.29) is 36.1 Å². The second kappa shape index (κ2) is 13.0. The Bertz CT molecular complexity index is 855. The van der Waals surface area contributed by atoms with Crippen molar-refractivity contribution >= 4 is 29.9 Å². The Morgan fingerprint density at radius 2 is 2.16 bits per heavy atom. The molecule has 9 heteroatoms. The van der Waals surface area contributed by atoms with Crippen LogP contribution in [0.15, 0.2) is 41.7 Å². The largest absolute Gasteiger partial charge is 0.497 e. The summed E-state index contributed by atoms with van der Waals surface area (Å²) in [5.41, 5.74) is 2.33. The van der Waals surface area contributed by atoms with E-state index in [1.54, 1.807) is 7.11 Å². The summed E-state index contributed by atoms with van der Waals surface area (Å²) < 4.78 is 13.3. The number of aryl methyl sites for hydroxylation is 1. The van der Waals surface area contributed by atoms with E-state index in [0.29, 0.717) is 6.61 Å². The molecule has 1 fully saturated rings. The Kier molecular flexibility index (Phi) is 10.7. The van der Waals surface area contributed by atoms with Crippen LogP contribution in [0.25, 0.3) is 0 Å². The topological polar surface area (TPSA) is 67.1 Å². The normalized spacial score (nSPS) is 17.8. The summed E-state index contributed by atoms with van der Waals surface area (Å²) >= 11 is 0. The first-order valence-electron chi connectivity index (χ1n) is 11.0. The van der Waals surface area contributed by atoms with Crippen LogP contribution in [0.3, 0.4) is 0 Å². The molecule has 1 aliphatic rings. The van der Waals surface area contributed by atoms with Crippen LogP contribution in [0.4, 0.5) is 0 Å². The van der Waals surface area contributed by atoms with E-state index in [0.717, 1.165) is 50.0 Å². The zero-order valence-corrected chi connectivity index (χ0v) is 22.2. The van der Waals surface area contributed by atoms with Gasteiger partial charge in [-0.3, -0.25) is 14.6 Å². The number of likely N-dealkylation sites (N-methyl/N-ethyl adjacent to an activating group) is 1. The van der Waals surface area contributed by atoms with E-state index in [2.05, 4.69) is 57.3 Å². The molecule has 1 saturated heterocycles. The van der Waals surface area contributed by atoms with E-state index < -0.39 is 0 Å². The van der Waals surface area contributed by atoms with Crippen molar-refractivity contribution in [1.29, 1.82) is 0 Å². The first-order chi connectivity index (χ1) is 15.1. The molecule has 0 spiro atoms. The standard InChI is InChI=1S/C23H36N6O2.HI/c1-6-28(7-2)21(18-9-8-10-20(13-18)30-5)15-25-23(24-3)29-11-12-31-22(17-29)19-14-26-27(4)16-19;/h8-10,13-14,16,21-22H,6-7,11-12,15,17H2,1-5H3,(H,24,25);1H. The molecule has 0 radical (unpaired) electrons. The number of hydrogen-bond donors (Lipinski definition) is 1. The molecule has 1 N–H and O–H groups in total. The molecule has 0 bridgehead atoms. The maximum Gasteiger partial charge on any atom is 0.193 e.